The third-order valence-corrected chi connectivity index (χ3v) is 5.40. The molecule has 0 amide bonds. The molecule has 24 heavy (non-hydrogen) atoms. The summed E-state index contributed by atoms with van der Waals surface area (Å²) < 4.78 is 31.2. The van der Waals surface area contributed by atoms with Crippen molar-refractivity contribution in [2.45, 2.75) is 71.2 Å². The highest BCUT2D eigenvalue weighted by atomic mass is 32.2. The number of hydrogen-bond donors (Lipinski definition) is 1. The van der Waals surface area contributed by atoms with Crippen molar-refractivity contribution in [2.75, 3.05) is 0 Å². The lowest BCUT2D eigenvalue weighted by Gasteiger charge is -2.35. The fraction of sp³-hybridized carbons (Fsp3) is 0.579. The summed E-state index contributed by atoms with van der Waals surface area (Å²) in [6, 6.07) is 5.78. The van der Waals surface area contributed by atoms with Crippen LogP contribution in [0.4, 0.5) is 0 Å². The SMILES string of the molecule is CC=CCCCC(C)(C)C(C)(C)[NH3+].Cc1ccc(S(=O)(=O)[O-])cc1. The summed E-state index contributed by atoms with van der Waals surface area (Å²) in [6.45, 7) is 13.0. The minimum atomic E-state index is -4.27. The molecule has 0 atom stereocenters. The van der Waals surface area contributed by atoms with Gasteiger partial charge in [0, 0.05) is 5.41 Å². The summed E-state index contributed by atoms with van der Waals surface area (Å²) in [6.07, 6.45) is 8.11. The lowest BCUT2D eigenvalue weighted by Crippen LogP contribution is -2.75. The Labute approximate surface area is 147 Å². The summed E-state index contributed by atoms with van der Waals surface area (Å²) in [5, 5.41) is 0. The Balaban J connectivity index is 0.000000446. The zero-order chi connectivity index (χ0) is 19.0. The first-order valence-electron chi connectivity index (χ1n) is 8.30. The van der Waals surface area contributed by atoms with Crippen LogP contribution in [0, 0.1) is 12.3 Å². The van der Waals surface area contributed by atoms with Gasteiger partial charge in [-0.1, -0.05) is 43.7 Å². The van der Waals surface area contributed by atoms with Crippen LogP contribution in [0.5, 0.6) is 0 Å². The van der Waals surface area contributed by atoms with Gasteiger partial charge in [-0.2, -0.15) is 0 Å². The first-order valence-corrected chi connectivity index (χ1v) is 9.71. The standard InChI is InChI=1S/C12H25N.C7H8O3S/c1-6-7-8-9-10-11(2,3)12(4,5)13;1-6-2-4-7(5-3-6)11(8,9)10/h6-7H,8-10,13H2,1-5H3;2-5H,1H3,(H,8,9,10). The molecule has 0 aromatic heterocycles. The van der Waals surface area contributed by atoms with E-state index in [4.69, 9.17) is 0 Å². The Morgan fingerprint density at radius 3 is 2.00 bits per heavy atom. The molecule has 0 spiro atoms. The molecule has 0 fully saturated rings. The Morgan fingerprint density at radius 2 is 1.62 bits per heavy atom. The van der Waals surface area contributed by atoms with Crippen molar-refractivity contribution in [1.29, 1.82) is 0 Å². The molecule has 0 aliphatic carbocycles. The second-order valence-electron chi connectivity index (χ2n) is 7.50. The van der Waals surface area contributed by atoms with Gasteiger partial charge in [0.05, 0.1) is 10.4 Å². The van der Waals surface area contributed by atoms with Crippen molar-refractivity contribution < 1.29 is 18.7 Å². The predicted octanol–water partition coefficient (Wildman–Crippen LogP) is 3.68. The van der Waals surface area contributed by atoms with Crippen LogP contribution in [-0.4, -0.2) is 18.5 Å². The molecule has 1 rings (SSSR count). The topological polar surface area (TPSA) is 84.8 Å². The summed E-state index contributed by atoms with van der Waals surface area (Å²) in [5.41, 5.74) is 5.66. The smallest absolute Gasteiger partial charge is 0.124 e. The maximum Gasteiger partial charge on any atom is 0.124 e. The molecule has 1 aromatic carbocycles. The van der Waals surface area contributed by atoms with Crippen LogP contribution in [0.2, 0.25) is 0 Å². The quantitative estimate of drug-likeness (QED) is 0.480. The number of benzene rings is 1. The van der Waals surface area contributed by atoms with Crippen LogP contribution in [0.25, 0.3) is 0 Å². The van der Waals surface area contributed by atoms with Crippen molar-refractivity contribution >= 4 is 10.1 Å². The van der Waals surface area contributed by atoms with Crippen LogP contribution in [-0.2, 0) is 10.1 Å². The lowest BCUT2D eigenvalue weighted by atomic mass is 9.72. The van der Waals surface area contributed by atoms with Crippen LogP contribution in [0.3, 0.4) is 0 Å². The molecular formula is C19H33NO3S. The minimum Gasteiger partial charge on any atom is -0.744 e. The highest BCUT2D eigenvalue weighted by Gasteiger charge is 2.36. The second-order valence-corrected chi connectivity index (χ2v) is 8.88. The van der Waals surface area contributed by atoms with E-state index in [1.807, 2.05) is 6.92 Å². The van der Waals surface area contributed by atoms with E-state index in [0.717, 1.165) is 5.56 Å². The van der Waals surface area contributed by atoms with Crippen molar-refractivity contribution in [1.82, 2.24) is 0 Å². The Bertz CT molecular complexity index is 609. The first-order chi connectivity index (χ1) is 10.8. The van der Waals surface area contributed by atoms with Crippen LogP contribution in [0.15, 0.2) is 41.3 Å². The molecule has 1 aromatic rings. The van der Waals surface area contributed by atoms with Gasteiger partial charge in [-0.3, -0.25) is 0 Å². The van der Waals surface area contributed by atoms with E-state index in [0.29, 0.717) is 5.41 Å². The Morgan fingerprint density at radius 1 is 1.12 bits per heavy atom. The third kappa shape index (κ3) is 8.62. The van der Waals surface area contributed by atoms with Crippen LogP contribution < -0.4 is 5.73 Å². The van der Waals surface area contributed by atoms with Gasteiger partial charge in [0.1, 0.15) is 10.1 Å². The number of aryl methyl sites for hydroxylation is 1. The maximum absolute atomic E-state index is 10.4. The third-order valence-electron chi connectivity index (χ3n) is 4.55. The molecule has 0 aliphatic rings. The van der Waals surface area contributed by atoms with E-state index < -0.39 is 10.1 Å². The van der Waals surface area contributed by atoms with E-state index in [9.17, 15) is 13.0 Å². The van der Waals surface area contributed by atoms with Crippen LogP contribution in [0.1, 0.15) is 59.4 Å². The van der Waals surface area contributed by atoms with Gasteiger partial charge < -0.3 is 10.3 Å². The van der Waals surface area contributed by atoms with Gasteiger partial charge in [0.15, 0.2) is 0 Å². The molecule has 0 aliphatic heterocycles. The largest absolute Gasteiger partial charge is 0.744 e. The maximum atomic E-state index is 10.4. The summed E-state index contributed by atoms with van der Waals surface area (Å²) >= 11 is 0. The molecular weight excluding hydrogens is 322 g/mol. The summed E-state index contributed by atoms with van der Waals surface area (Å²) in [5.74, 6) is 0. The highest BCUT2D eigenvalue weighted by molar-refractivity contribution is 7.85. The normalized spacial score (nSPS) is 12.8. The highest BCUT2D eigenvalue weighted by Crippen LogP contribution is 2.32. The molecule has 0 bridgehead atoms. The van der Waals surface area contributed by atoms with E-state index >= 15 is 0 Å². The van der Waals surface area contributed by atoms with E-state index in [1.54, 1.807) is 12.1 Å². The minimum absolute atomic E-state index is 0.170. The molecule has 4 nitrogen and oxygen atoms in total. The molecule has 0 heterocycles. The van der Waals surface area contributed by atoms with Gasteiger partial charge in [-0.25, -0.2) is 8.42 Å². The van der Waals surface area contributed by atoms with Crippen molar-refractivity contribution in [2.24, 2.45) is 5.41 Å². The van der Waals surface area contributed by atoms with E-state index in [2.05, 4.69) is 52.5 Å². The van der Waals surface area contributed by atoms with Crippen LogP contribution >= 0.6 is 0 Å². The number of rotatable bonds is 6. The number of hydrogen-bond acceptors (Lipinski definition) is 3. The molecule has 0 saturated carbocycles. The van der Waals surface area contributed by atoms with Crippen molar-refractivity contribution in [3.05, 3.63) is 42.0 Å². The molecule has 5 heteroatoms. The zero-order valence-electron chi connectivity index (χ0n) is 15.9. The van der Waals surface area contributed by atoms with Crippen molar-refractivity contribution in [3.63, 3.8) is 0 Å². The number of allylic oxidation sites excluding steroid dienone is 2. The predicted molar refractivity (Wildman–Crippen MR) is 98.6 cm³/mol. The number of quaternary nitrogens is 1. The fourth-order valence-electron chi connectivity index (χ4n) is 1.87. The monoisotopic (exact) mass is 355 g/mol. The zero-order valence-corrected chi connectivity index (χ0v) is 16.7. The average Bonchev–Trinajstić information content (AvgIpc) is 2.42. The van der Waals surface area contributed by atoms with Gasteiger partial charge >= 0.3 is 0 Å². The van der Waals surface area contributed by atoms with Gasteiger partial charge in [0.2, 0.25) is 0 Å². The Hall–Kier alpha value is -1.17. The van der Waals surface area contributed by atoms with Gasteiger partial charge in [-0.15, -0.1) is 0 Å². The molecule has 3 N–H and O–H groups in total. The molecule has 138 valence electrons. The lowest BCUT2D eigenvalue weighted by molar-refractivity contribution is -0.493. The molecule has 0 radical (unpaired) electrons. The van der Waals surface area contributed by atoms with E-state index in [-0.39, 0.29) is 10.4 Å². The summed E-state index contributed by atoms with van der Waals surface area (Å²) in [4.78, 5) is -0.178. The second kappa shape index (κ2) is 9.35. The average molecular weight is 356 g/mol. The van der Waals surface area contributed by atoms with Crippen molar-refractivity contribution in [3.8, 4) is 0 Å². The number of unbranched alkanes of at least 4 members (excludes halogenated alkanes) is 1. The summed E-state index contributed by atoms with van der Waals surface area (Å²) in [7, 11) is -4.27. The van der Waals surface area contributed by atoms with E-state index in [1.165, 1.54) is 31.4 Å². The molecule has 0 unspecified atom stereocenters. The Kier molecular flexibility index (Phi) is 8.89. The molecule has 0 saturated heterocycles. The van der Waals surface area contributed by atoms with Gasteiger partial charge in [0.25, 0.3) is 0 Å². The first kappa shape index (κ1) is 22.8. The van der Waals surface area contributed by atoms with Gasteiger partial charge in [-0.05, 0) is 59.1 Å². The fourth-order valence-corrected chi connectivity index (χ4v) is 2.34.